The summed E-state index contributed by atoms with van der Waals surface area (Å²) < 4.78 is 5.12. The van der Waals surface area contributed by atoms with Crippen LogP contribution in [0.25, 0.3) is 0 Å². The first kappa shape index (κ1) is 17.5. The molecule has 1 heterocycles. The van der Waals surface area contributed by atoms with Crippen LogP contribution < -0.4 is 0 Å². The molecule has 0 unspecified atom stereocenters. The molecule has 8 heteroatoms. The van der Waals surface area contributed by atoms with Gasteiger partial charge in [-0.2, -0.15) is 0 Å². The second-order valence-electron chi connectivity index (χ2n) is 5.43. The van der Waals surface area contributed by atoms with Crippen LogP contribution in [0.2, 0.25) is 0 Å². The van der Waals surface area contributed by atoms with E-state index in [0.29, 0.717) is 16.8 Å². The van der Waals surface area contributed by atoms with Gasteiger partial charge in [0.1, 0.15) is 0 Å². The van der Waals surface area contributed by atoms with E-state index in [2.05, 4.69) is 0 Å². The summed E-state index contributed by atoms with van der Waals surface area (Å²) in [5, 5.41) is 11.0. The number of amides is 2. The number of ether oxygens (including phenoxy) is 1. The summed E-state index contributed by atoms with van der Waals surface area (Å²) in [6.45, 7) is 3.54. The van der Waals surface area contributed by atoms with E-state index in [1.165, 1.54) is 28.0 Å². The molecule has 128 valence electrons. The predicted molar refractivity (Wildman–Crippen MR) is 86.1 cm³/mol. The summed E-state index contributed by atoms with van der Waals surface area (Å²) in [7, 11) is 3.12. The molecule has 2 amide bonds. The van der Waals surface area contributed by atoms with Crippen molar-refractivity contribution in [2.75, 3.05) is 20.7 Å². The van der Waals surface area contributed by atoms with Crippen molar-refractivity contribution in [3.63, 3.8) is 0 Å². The Bertz CT molecular complexity index is 728. The number of allylic oxidation sites excluding steroid dienone is 1. The van der Waals surface area contributed by atoms with Gasteiger partial charge < -0.3 is 14.5 Å². The number of non-ortho nitro benzene ring substituents is 1. The van der Waals surface area contributed by atoms with E-state index >= 15 is 0 Å². The highest BCUT2D eigenvalue weighted by Gasteiger charge is 2.39. The molecular weight excluding hydrogens is 314 g/mol. The van der Waals surface area contributed by atoms with Gasteiger partial charge in [-0.05, 0) is 19.4 Å². The van der Waals surface area contributed by atoms with Crippen molar-refractivity contribution in [3.8, 4) is 0 Å². The van der Waals surface area contributed by atoms with Gasteiger partial charge in [-0.15, -0.1) is 0 Å². The molecule has 1 aromatic carbocycles. The third-order valence-electron chi connectivity index (χ3n) is 4.03. The van der Waals surface area contributed by atoms with Gasteiger partial charge in [0.25, 0.3) is 5.69 Å². The monoisotopic (exact) mass is 333 g/mol. The summed E-state index contributed by atoms with van der Waals surface area (Å²) in [4.78, 5) is 38.1. The van der Waals surface area contributed by atoms with Crippen molar-refractivity contribution < 1.29 is 19.2 Å². The minimum atomic E-state index is -0.743. The Hall–Kier alpha value is -2.90. The van der Waals surface area contributed by atoms with Gasteiger partial charge in [-0.25, -0.2) is 9.59 Å². The molecule has 0 aliphatic carbocycles. The van der Waals surface area contributed by atoms with E-state index in [-0.39, 0.29) is 18.3 Å². The van der Waals surface area contributed by atoms with Crippen molar-refractivity contribution in [2.45, 2.75) is 19.9 Å². The third-order valence-corrected chi connectivity index (χ3v) is 4.03. The molecule has 0 spiro atoms. The molecular formula is C16H19N3O5. The number of urea groups is 1. The van der Waals surface area contributed by atoms with E-state index in [0.717, 1.165) is 0 Å². The normalized spacial score (nSPS) is 18.0. The summed E-state index contributed by atoms with van der Waals surface area (Å²) >= 11 is 0. The lowest BCUT2D eigenvalue weighted by atomic mass is 9.93. The van der Waals surface area contributed by atoms with Gasteiger partial charge in [-0.1, -0.05) is 12.1 Å². The minimum absolute atomic E-state index is 0.104. The molecule has 0 radical (unpaired) electrons. The van der Waals surface area contributed by atoms with Crippen molar-refractivity contribution in [2.24, 2.45) is 0 Å². The number of carbonyl (C=O) groups is 2. The molecule has 0 saturated carbocycles. The summed E-state index contributed by atoms with van der Waals surface area (Å²) in [6, 6.07) is 4.86. The number of benzene rings is 1. The Balaban J connectivity index is 2.62. The Kier molecular flexibility index (Phi) is 4.87. The van der Waals surface area contributed by atoms with Gasteiger partial charge in [0.2, 0.25) is 0 Å². The lowest BCUT2D eigenvalue weighted by Gasteiger charge is -2.39. The van der Waals surface area contributed by atoms with Crippen molar-refractivity contribution >= 4 is 17.7 Å². The second kappa shape index (κ2) is 6.69. The molecule has 2 rings (SSSR count). The Morgan fingerprint density at radius 1 is 1.38 bits per heavy atom. The predicted octanol–water partition coefficient (Wildman–Crippen LogP) is 2.47. The van der Waals surface area contributed by atoms with Crippen molar-refractivity contribution in [1.29, 1.82) is 0 Å². The van der Waals surface area contributed by atoms with Crippen LogP contribution in [0.15, 0.2) is 35.5 Å². The Labute approximate surface area is 139 Å². The van der Waals surface area contributed by atoms with Gasteiger partial charge in [0.15, 0.2) is 0 Å². The number of likely N-dealkylation sites (N-methyl/N-ethyl adjacent to an activating group) is 1. The molecule has 0 N–H and O–H groups in total. The highest BCUT2D eigenvalue weighted by atomic mass is 16.6. The molecule has 1 aliphatic rings. The lowest BCUT2D eigenvalue weighted by Crippen LogP contribution is -2.47. The van der Waals surface area contributed by atoms with Gasteiger partial charge in [0, 0.05) is 31.9 Å². The van der Waals surface area contributed by atoms with Crippen LogP contribution in [0.5, 0.6) is 0 Å². The number of carbonyl (C=O) groups excluding carboxylic acids is 2. The molecule has 0 bridgehead atoms. The van der Waals surface area contributed by atoms with E-state index in [4.69, 9.17) is 4.74 Å². The molecule has 1 atom stereocenters. The highest BCUT2D eigenvalue weighted by molar-refractivity contribution is 5.95. The van der Waals surface area contributed by atoms with E-state index in [9.17, 15) is 19.7 Å². The van der Waals surface area contributed by atoms with Crippen LogP contribution >= 0.6 is 0 Å². The lowest BCUT2D eigenvalue weighted by molar-refractivity contribution is -0.384. The summed E-state index contributed by atoms with van der Waals surface area (Å²) in [6.07, 6.45) is 0. The SMILES string of the molecule is CCOC(=O)C1=C(C)N(C)C(=O)N(C)[C@@H]1c1cccc([N+](=O)[O-])c1. The Morgan fingerprint density at radius 2 is 2.04 bits per heavy atom. The fraction of sp³-hybridized carbons (Fsp3) is 0.375. The molecule has 0 saturated heterocycles. The maximum atomic E-state index is 12.4. The quantitative estimate of drug-likeness (QED) is 0.479. The first-order chi connectivity index (χ1) is 11.3. The fourth-order valence-corrected chi connectivity index (χ4v) is 2.73. The fourth-order valence-electron chi connectivity index (χ4n) is 2.73. The van der Waals surface area contributed by atoms with Crippen LogP contribution in [-0.4, -0.2) is 47.4 Å². The number of hydrogen-bond donors (Lipinski definition) is 0. The molecule has 24 heavy (non-hydrogen) atoms. The molecule has 8 nitrogen and oxygen atoms in total. The molecule has 1 aromatic rings. The van der Waals surface area contributed by atoms with Crippen LogP contribution in [0.1, 0.15) is 25.5 Å². The van der Waals surface area contributed by atoms with Crippen LogP contribution in [-0.2, 0) is 9.53 Å². The van der Waals surface area contributed by atoms with Crippen LogP contribution in [0.4, 0.5) is 10.5 Å². The maximum Gasteiger partial charge on any atom is 0.338 e. The molecule has 0 aromatic heterocycles. The third kappa shape index (κ3) is 2.94. The second-order valence-corrected chi connectivity index (χ2v) is 5.43. The number of nitro groups is 1. The highest BCUT2D eigenvalue weighted by Crippen LogP contribution is 2.37. The number of hydrogen-bond acceptors (Lipinski definition) is 5. The standard InChI is InChI=1S/C16H19N3O5/c1-5-24-15(20)13-10(2)17(3)16(21)18(4)14(13)11-7-6-8-12(9-11)19(22)23/h6-9,14H,5H2,1-4H3/t14-/m1/s1. The smallest absolute Gasteiger partial charge is 0.338 e. The summed E-state index contributed by atoms with van der Waals surface area (Å²) in [5.41, 5.74) is 1.14. The number of rotatable bonds is 4. The van der Waals surface area contributed by atoms with Gasteiger partial charge in [0.05, 0.1) is 23.1 Å². The maximum absolute atomic E-state index is 12.4. The average Bonchev–Trinajstić information content (AvgIpc) is 2.56. The zero-order valence-corrected chi connectivity index (χ0v) is 14.0. The first-order valence-electron chi connectivity index (χ1n) is 7.42. The zero-order chi connectivity index (χ0) is 18.0. The van der Waals surface area contributed by atoms with Gasteiger partial charge >= 0.3 is 12.0 Å². The van der Waals surface area contributed by atoms with Crippen LogP contribution in [0, 0.1) is 10.1 Å². The van der Waals surface area contributed by atoms with Crippen LogP contribution in [0.3, 0.4) is 0 Å². The van der Waals surface area contributed by atoms with E-state index in [1.807, 2.05) is 0 Å². The van der Waals surface area contributed by atoms with Crippen molar-refractivity contribution in [1.82, 2.24) is 9.80 Å². The minimum Gasteiger partial charge on any atom is -0.463 e. The van der Waals surface area contributed by atoms with E-state index < -0.39 is 16.9 Å². The zero-order valence-electron chi connectivity index (χ0n) is 14.0. The van der Waals surface area contributed by atoms with Gasteiger partial charge in [-0.3, -0.25) is 10.1 Å². The average molecular weight is 333 g/mol. The first-order valence-corrected chi connectivity index (χ1v) is 7.42. The summed E-state index contributed by atoms with van der Waals surface area (Å²) in [5.74, 6) is -0.544. The number of nitro benzene ring substituents is 1. The molecule has 1 aliphatic heterocycles. The molecule has 0 fully saturated rings. The number of nitrogens with zero attached hydrogens (tertiary/aromatic N) is 3. The Morgan fingerprint density at radius 3 is 2.62 bits per heavy atom. The number of esters is 1. The van der Waals surface area contributed by atoms with Crippen molar-refractivity contribution in [3.05, 3.63) is 51.2 Å². The van der Waals surface area contributed by atoms with E-state index in [1.54, 1.807) is 34.0 Å². The topological polar surface area (TPSA) is 93.0 Å². The largest absolute Gasteiger partial charge is 0.463 e.